The van der Waals surface area contributed by atoms with E-state index >= 15 is 0 Å². The molecule has 0 amide bonds. The first kappa shape index (κ1) is 6.14. The zero-order valence-corrected chi connectivity index (χ0v) is 5.59. The standard InChI is InChI=1S/C8H11N/c1-2-3-4-8-5-6-9-7-8/h2-6,9H,7H2,1H3/b3-2-,8-4-. The van der Waals surface area contributed by atoms with Gasteiger partial charge in [-0.2, -0.15) is 0 Å². The lowest BCUT2D eigenvalue weighted by molar-refractivity contribution is 1.01. The monoisotopic (exact) mass is 121 g/mol. The zero-order chi connectivity index (χ0) is 6.53. The molecule has 0 aromatic carbocycles. The lowest BCUT2D eigenvalue weighted by Crippen LogP contribution is -1.99. The van der Waals surface area contributed by atoms with Crippen molar-refractivity contribution in [3.05, 3.63) is 36.1 Å². The van der Waals surface area contributed by atoms with Crippen molar-refractivity contribution in [2.24, 2.45) is 0 Å². The molecule has 1 nitrogen and oxygen atoms in total. The van der Waals surface area contributed by atoms with Crippen LogP contribution in [0.2, 0.25) is 0 Å². The number of allylic oxidation sites excluding steroid dienone is 3. The first-order chi connectivity index (χ1) is 4.43. The molecule has 0 fully saturated rings. The van der Waals surface area contributed by atoms with Gasteiger partial charge >= 0.3 is 0 Å². The maximum atomic E-state index is 3.10. The van der Waals surface area contributed by atoms with Crippen molar-refractivity contribution in [1.29, 1.82) is 0 Å². The third-order valence-electron chi connectivity index (χ3n) is 1.22. The first-order valence-corrected chi connectivity index (χ1v) is 3.15. The first-order valence-electron chi connectivity index (χ1n) is 3.15. The highest BCUT2D eigenvalue weighted by atomic mass is 14.8. The van der Waals surface area contributed by atoms with E-state index < -0.39 is 0 Å². The van der Waals surface area contributed by atoms with E-state index in [1.165, 1.54) is 5.57 Å². The van der Waals surface area contributed by atoms with Crippen LogP contribution in [-0.4, -0.2) is 6.54 Å². The normalized spacial score (nSPS) is 21.7. The Bertz CT molecular complexity index is 163. The van der Waals surface area contributed by atoms with Crippen LogP contribution in [0.4, 0.5) is 0 Å². The Morgan fingerprint density at radius 3 is 3.11 bits per heavy atom. The van der Waals surface area contributed by atoms with Gasteiger partial charge in [-0.15, -0.1) is 0 Å². The van der Waals surface area contributed by atoms with Gasteiger partial charge in [-0.1, -0.05) is 18.2 Å². The molecule has 0 radical (unpaired) electrons. The molecule has 0 aliphatic carbocycles. The maximum Gasteiger partial charge on any atom is 0.0395 e. The number of nitrogens with one attached hydrogen (secondary N) is 1. The van der Waals surface area contributed by atoms with Crippen molar-refractivity contribution in [2.45, 2.75) is 6.92 Å². The van der Waals surface area contributed by atoms with Crippen molar-refractivity contribution >= 4 is 0 Å². The maximum absolute atomic E-state index is 3.10. The second-order valence-corrected chi connectivity index (χ2v) is 1.98. The fraction of sp³-hybridized carbons (Fsp3) is 0.250. The van der Waals surface area contributed by atoms with Crippen molar-refractivity contribution in [3.8, 4) is 0 Å². The van der Waals surface area contributed by atoms with Crippen LogP contribution in [0.3, 0.4) is 0 Å². The summed E-state index contributed by atoms with van der Waals surface area (Å²) in [6.45, 7) is 2.99. The molecule has 0 atom stereocenters. The smallest absolute Gasteiger partial charge is 0.0395 e. The second kappa shape index (κ2) is 3.13. The Kier molecular flexibility index (Phi) is 2.13. The Morgan fingerprint density at radius 2 is 2.56 bits per heavy atom. The largest absolute Gasteiger partial charge is 0.387 e. The number of hydrogen-bond donors (Lipinski definition) is 1. The summed E-state index contributed by atoms with van der Waals surface area (Å²) in [5.41, 5.74) is 1.34. The minimum atomic E-state index is 0.977. The Morgan fingerprint density at radius 1 is 1.67 bits per heavy atom. The van der Waals surface area contributed by atoms with E-state index in [-0.39, 0.29) is 0 Å². The summed E-state index contributed by atoms with van der Waals surface area (Å²) in [6, 6.07) is 0. The van der Waals surface area contributed by atoms with E-state index in [1.54, 1.807) is 0 Å². The van der Waals surface area contributed by atoms with Crippen LogP contribution >= 0.6 is 0 Å². The fourth-order valence-corrected chi connectivity index (χ4v) is 0.736. The van der Waals surface area contributed by atoms with Crippen LogP contribution in [0.5, 0.6) is 0 Å². The predicted molar refractivity (Wildman–Crippen MR) is 40.0 cm³/mol. The predicted octanol–water partition coefficient (Wildman–Crippen LogP) is 1.61. The van der Waals surface area contributed by atoms with Gasteiger partial charge in [0.25, 0.3) is 0 Å². The van der Waals surface area contributed by atoms with Gasteiger partial charge in [-0.25, -0.2) is 0 Å². The molecular formula is C8H11N. The molecular weight excluding hydrogens is 110 g/mol. The quantitative estimate of drug-likeness (QED) is 0.555. The van der Waals surface area contributed by atoms with Crippen LogP contribution in [0.15, 0.2) is 36.1 Å². The summed E-state index contributed by atoms with van der Waals surface area (Å²) < 4.78 is 0. The lowest BCUT2D eigenvalue weighted by Gasteiger charge is -1.87. The summed E-state index contributed by atoms with van der Waals surface area (Å²) in [5, 5.41) is 3.10. The second-order valence-electron chi connectivity index (χ2n) is 1.98. The summed E-state index contributed by atoms with van der Waals surface area (Å²) in [6.07, 6.45) is 10.2. The molecule has 0 saturated carbocycles. The Labute approximate surface area is 55.8 Å². The molecule has 1 rings (SSSR count). The van der Waals surface area contributed by atoms with Crippen molar-refractivity contribution in [1.82, 2.24) is 5.32 Å². The molecule has 0 bridgehead atoms. The summed E-state index contributed by atoms with van der Waals surface area (Å²) in [4.78, 5) is 0. The van der Waals surface area contributed by atoms with E-state index in [0.717, 1.165) is 6.54 Å². The van der Waals surface area contributed by atoms with E-state index in [1.807, 2.05) is 25.3 Å². The average molecular weight is 121 g/mol. The van der Waals surface area contributed by atoms with Gasteiger partial charge in [-0.05, 0) is 24.8 Å². The molecule has 1 heteroatoms. The highest BCUT2D eigenvalue weighted by molar-refractivity contribution is 5.28. The van der Waals surface area contributed by atoms with Crippen molar-refractivity contribution in [3.63, 3.8) is 0 Å². The van der Waals surface area contributed by atoms with Gasteiger partial charge in [0.15, 0.2) is 0 Å². The van der Waals surface area contributed by atoms with Gasteiger partial charge in [0.2, 0.25) is 0 Å². The van der Waals surface area contributed by atoms with Crippen LogP contribution < -0.4 is 5.32 Å². The number of rotatable bonds is 1. The molecule has 0 saturated heterocycles. The van der Waals surface area contributed by atoms with E-state index in [0.29, 0.717) is 0 Å². The van der Waals surface area contributed by atoms with Crippen LogP contribution in [0, 0.1) is 0 Å². The van der Waals surface area contributed by atoms with Crippen LogP contribution in [0.1, 0.15) is 6.92 Å². The molecule has 48 valence electrons. The van der Waals surface area contributed by atoms with Gasteiger partial charge < -0.3 is 5.32 Å². The highest BCUT2D eigenvalue weighted by Crippen LogP contribution is 2.00. The third kappa shape index (κ3) is 1.76. The van der Waals surface area contributed by atoms with E-state index in [9.17, 15) is 0 Å². The topological polar surface area (TPSA) is 12.0 Å². The molecule has 9 heavy (non-hydrogen) atoms. The molecule has 0 unspecified atom stereocenters. The molecule has 1 N–H and O–H groups in total. The van der Waals surface area contributed by atoms with Crippen molar-refractivity contribution in [2.75, 3.05) is 6.54 Å². The van der Waals surface area contributed by atoms with Crippen LogP contribution in [0.25, 0.3) is 0 Å². The summed E-state index contributed by atoms with van der Waals surface area (Å²) in [5.74, 6) is 0. The average Bonchev–Trinajstić information content (AvgIpc) is 2.34. The molecule has 0 aromatic heterocycles. The van der Waals surface area contributed by atoms with Crippen molar-refractivity contribution < 1.29 is 0 Å². The minimum Gasteiger partial charge on any atom is -0.387 e. The molecule has 0 spiro atoms. The molecule has 1 heterocycles. The van der Waals surface area contributed by atoms with E-state index in [2.05, 4.69) is 17.5 Å². The van der Waals surface area contributed by atoms with Gasteiger partial charge in [-0.3, -0.25) is 0 Å². The third-order valence-corrected chi connectivity index (χ3v) is 1.22. The lowest BCUT2D eigenvalue weighted by atomic mass is 10.2. The van der Waals surface area contributed by atoms with Gasteiger partial charge in [0.05, 0.1) is 0 Å². The zero-order valence-electron chi connectivity index (χ0n) is 5.59. The fourth-order valence-electron chi connectivity index (χ4n) is 0.736. The van der Waals surface area contributed by atoms with Crippen LogP contribution in [-0.2, 0) is 0 Å². The Hall–Kier alpha value is -0.980. The summed E-state index contributed by atoms with van der Waals surface area (Å²) in [7, 11) is 0. The Balaban J connectivity index is 2.50. The molecule has 1 aliphatic heterocycles. The highest BCUT2D eigenvalue weighted by Gasteiger charge is 1.93. The van der Waals surface area contributed by atoms with Gasteiger partial charge in [0.1, 0.15) is 0 Å². The van der Waals surface area contributed by atoms with Gasteiger partial charge in [0, 0.05) is 6.54 Å². The summed E-state index contributed by atoms with van der Waals surface area (Å²) >= 11 is 0. The van der Waals surface area contributed by atoms with E-state index in [4.69, 9.17) is 0 Å². The minimum absolute atomic E-state index is 0.977. The molecule has 1 aliphatic rings. The molecule has 0 aromatic rings. The SMILES string of the molecule is C/C=C\C=C1\C=CNC1. The number of hydrogen-bond acceptors (Lipinski definition) is 1.